The van der Waals surface area contributed by atoms with Gasteiger partial charge in [0.15, 0.2) is 0 Å². The maximum Gasteiger partial charge on any atom is 0.336 e. The number of rotatable bonds is 6. The molecule has 1 aliphatic carbocycles. The predicted molar refractivity (Wildman–Crippen MR) is 113 cm³/mol. The highest BCUT2D eigenvalue weighted by molar-refractivity contribution is 7.15. The molecule has 0 aromatic carbocycles. The van der Waals surface area contributed by atoms with E-state index in [-0.39, 0.29) is 23.9 Å². The van der Waals surface area contributed by atoms with E-state index in [0.29, 0.717) is 29.8 Å². The molecule has 30 heavy (non-hydrogen) atoms. The average Bonchev–Trinajstić information content (AvgIpc) is 3.43. The molecule has 2 fully saturated rings. The van der Waals surface area contributed by atoms with Gasteiger partial charge in [-0.25, -0.2) is 20.6 Å². The highest BCUT2D eigenvalue weighted by Crippen LogP contribution is 2.46. The van der Waals surface area contributed by atoms with Crippen molar-refractivity contribution in [2.45, 2.75) is 51.6 Å². The molecule has 1 aromatic rings. The van der Waals surface area contributed by atoms with Gasteiger partial charge in [-0.1, -0.05) is 11.3 Å². The van der Waals surface area contributed by atoms with Crippen LogP contribution >= 0.6 is 11.3 Å². The van der Waals surface area contributed by atoms with Gasteiger partial charge in [0, 0.05) is 30.2 Å². The van der Waals surface area contributed by atoms with Crippen molar-refractivity contribution in [1.82, 2.24) is 15.2 Å². The summed E-state index contributed by atoms with van der Waals surface area (Å²) in [6.45, 7) is 3.33. The minimum atomic E-state index is -0.314. The maximum atomic E-state index is 13.2. The van der Waals surface area contributed by atoms with Gasteiger partial charge in [0.25, 0.3) is 0 Å². The van der Waals surface area contributed by atoms with E-state index in [4.69, 9.17) is 16.4 Å². The Labute approximate surface area is 178 Å². The van der Waals surface area contributed by atoms with Crippen molar-refractivity contribution < 1.29 is 14.3 Å². The number of hydrogen-bond donors (Lipinski definition) is 3. The first-order valence-corrected chi connectivity index (χ1v) is 10.9. The number of hydrazone groups is 1. The normalized spacial score (nSPS) is 27.0. The summed E-state index contributed by atoms with van der Waals surface area (Å²) in [5.41, 5.74) is 1.02. The third-order valence-electron chi connectivity index (χ3n) is 6.38. The van der Waals surface area contributed by atoms with Crippen LogP contribution in [-0.4, -0.2) is 47.3 Å². The summed E-state index contributed by atoms with van der Waals surface area (Å²) < 4.78 is 5.09. The van der Waals surface area contributed by atoms with E-state index in [9.17, 15) is 9.59 Å². The number of ether oxygens (including phenoxy) is 1. The van der Waals surface area contributed by atoms with Crippen molar-refractivity contribution in [3.05, 3.63) is 22.3 Å². The molecule has 10 nitrogen and oxygen atoms in total. The molecule has 1 amide bonds. The lowest BCUT2D eigenvalue weighted by Gasteiger charge is -2.36. The van der Waals surface area contributed by atoms with Gasteiger partial charge in [-0.05, 0) is 39.0 Å². The zero-order chi connectivity index (χ0) is 21.3. The van der Waals surface area contributed by atoms with E-state index in [1.807, 2.05) is 0 Å². The number of nitrogens with one attached hydrogen (secondary N) is 1. The summed E-state index contributed by atoms with van der Waals surface area (Å²) in [5.74, 6) is 10.7. The molecule has 162 valence electrons. The Hall–Kier alpha value is -2.50. The first-order valence-electron chi connectivity index (χ1n) is 10.1. The fourth-order valence-electron chi connectivity index (χ4n) is 4.53. The van der Waals surface area contributed by atoms with Crippen LogP contribution in [0.2, 0.25) is 0 Å². The number of anilines is 1. The molecule has 3 heterocycles. The molecule has 0 atom stereocenters. The van der Waals surface area contributed by atoms with Crippen molar-refractivity contribution in [1.29, 1.82) is 0 Å². The smallest absolute Gasteiger partial charge is 0.336 e. The number of amides is 1. The SMILES string of the molecule is CC1=C(N2CCC3(CCC(NCc4cnc(N(N)/C=N\N)s4)CC3)C2=O)COC1=O. The third-order valence-corrected chi connectivity index (χ3v) is 7.39. The first-order chi connectivity index (χ1) is 14.4. The minimum Gasteiger partial charge on any atom is -0.456 e. The number of esters is 1. The molecule has 1 saturated carbocycles. The van der Waals surface area contributed by atoms with Crippen LogP contribution in [0.5, 0.6) is 0 Å². The standard InChI is InChI=1S/C19H27N7O3S/c1-12-15(10-29-16(12)27)25-7-6-19(17(25)28)4-2-13(3-5-19)22-8-14-9-23-18(30-14)26(21)11-24-20/h9,11,13,22H,2-8,10,20-21H2,1H3/b24-11-. The van der Waals surface area contributed by atoms with Crippen LogP contribution in [0.15, 0.2) is 22.6 Å². The van der Waals surface area contributed by atoms with Crippen LogP contribution in [0.1, 0.15) is 43.9 Å². The number of likely N-dealkylation sites (tertiary alicyclic amines) is 1. The maximum absolute atomic E-state index is 13.2. The quantitative estimate of drug-likeness (QED) is 0.197. The van der Waals surface area contributed by atoms with Gasteiger partial charge in [-0.2, -0.15) is 5.10 Å². The number of thiazole rings is 1. The monoisotopic (exact) mass is 433 g/mol. The molecular formula is C19H27N7O3S. The van der Waals surface area contributed by atoms with E-state index in [2.05, 4.69) is 15.4 Å². The van der Waals surface area contributed by atoms with Gasteiger partial charge in [0.2, 0.25) is 11.0 Å². The van der Waals surface area contributed by atoms with Crippen molar-refractivity contribution in [3.8, 4) is 0 Å². The zero-order valence-electron chi connectivity index (χ0n) is 17.0. The molecule has 0 bridgehead atoms. The van der Waals surface area contributed by atoms with Crippen LogP contribution in [0.3, 0.4) is 0 Å². The molecular weight excluding hydrogens is 406 g/mol. The number of nitrogens with zero attached hydrogens (tertiary/aromatic N) is 4. The largest absolute Gasteiger partial charge is 0.456 e. The molecule has 0 unspecified atom stereocenters. The number of hydrazine groups is 1. The summed E-state index contributed by atoms with van der Waals surface area (Å²) in [7, 11) is 0. The fraction of sp³-hybridized carbons (Fsp3) is 0.579. The van der Waals surface area contributed by atoms with Crippen LogP contribution in [0.4, 0.5) is 5.13 Å². The lowest BCUT2D eigenvalue weighted by atomic mass is 9.71. The van der Waals surface area contributed by atoms with Gasteiger partial charge < -0.3 is 20.8 Å². The number of carbonyl (C=O) groups excluding carboxylic acids is 2. The topological polar surface area (TPSA) is 139 Å². The lowest BCUT2D eigenvalue weighted by molar-refractivity contribution is -0.138. The summed E-state index contributed by atoms with van der Waals surface area (Å²) in [5, 5.41) is 8.88. The van der Waals surface area contributed by atoms with Crippen LogP contribution < -0.4 is 22.0 Å². The Balaban J connectivity index is 1.30. The van der Waals surface area contributed by atoms with E-state index in [0.717, 1.165) is 42.7 Å². The van der Waals surface area contributed by atoms with Gasteiger partial charge in [0.05, 0.1) is 16.7 Å². The van der Waals surface area contributed by atoms with Gasteiger partial charge >= 0.3 is 5.97 Å². The lowest BCUT2D eigenvalue weighted by Crippen LogP contribution is -2.42. The third kappa shape index (κ3) is 3.80. The minimum absolute atomic E-state index is 0.158. The molecule has 1 spiro atoms. The Bertz CT molecular complexity index is 888. The summed E-state index contributed by atoms with van der Waals surface area (Å²) >= 11 is 1.48. The number of aromatic nitrogens is 1. The van der Waals surface area contributed by atoms with Gasteiger partial charge in [0.1, 0.15) is 12.9 Å². The zero-order valence-corrected chi connectivity index (χ0v) is 17.8. The molecule has 2 aliphatic heterocycles. The van der Waals surface area contributed by atoms with Crippen LogP contribution in [0.25, 0.3) is 0 Å². The first kappa shape index (κ1) is 20.8. The van der Waals surface area contributed by atoms with Gasteiger partial charge in [-0.3, -0.25) is 4.79 Å². The molecule has 0 radical (unpaired) electrons. The van der Waals surface area contributed by atoms with Crippen LogP contribution in [-0.2, 0) is 20.9 Å². The van der Waals surface area contributed by atoms with E-state index >= 15 is 0 Å². The molecule has 1 aromatic heterocycles. The summed E-state index contributed by atoms with van der Waals surface area (Å²) in [6.07, 6.45) is 7.56. The molecule has 4 rings (SSSR count). The number of cyclic esters (lactones) is 1. The van der Waals surface area contributed by atoms with E-state index in [1.165, 1.54) is 22.7 Å². The number of hydrogen-bond acceptors (Lipinski definition) is 9. The highest BCUT2D eigenvalue weighted by atomic mass is 32.1. The molecule has 11 heteroatoms. The van der Waals surface area contributed by atoms with E-state index < -0.39 is 0 Å². The predicted octanol–water partition coefficient (Wildman–Crippen LogP) is 0.807. The van der Waals surface area contributed by atoms with Crippen molar-refractivity contribution >= 4 is 34.7 Å². The second kappa shape index (κ2) is 8.32. The highest BCUT2D eigenvalue weighted by Gasteiger charge is 2.50. The molecule has 5 N–H and O–H groups in total. The molecule has 1 saturated heterocycles. The fourth-order valence-corrected chi connectivity index (χ4v) is 5.28. The summed E-state index contributed by atoms with van der Waals surface area (Å²) in [4.78, 5) is 32.0. The molecule has 3 aliphatic rings. The number of nitrogens with two attached hydrogens (primary N) is 2. The number of carbonyl (C=O) groups is 2. The summed E-state index contributed by atoms with van der Waals surface area (Å²) in [6, 6.07) is 0.361. The van der Waals surface area contributed by atoms with Crippen molar-refractivity contribution in [2.75, 3.05) is 18.2 Å². The van der Waals surface area contributed by atoms with Crippen LogP contribution in [0, 0.1) is 5.41 Å². The second-order valence-corrected chi connectivity index (χ2v) is 9.16. The van der Waals surface area contributed by atoms with Gasteiger partial charge in [-0.15, -0.1) is 0 Å². The Morgan fingerprint density at radius 3 is 2.87 bits per heavy atom. The Morgan fingerprint density at radius 2 is 2.20 bits per heavy atom. The Morgan fingerprint density at radius 1 is 1.43 bits per heavy atom. The second-order valence-electron chi connectivity index (χ2n) is 8.07. The van der Waals surface area contributed by atoms with Crippen molar-refractivity contribution in [2.24, 2.45) is 22.2 Å². The van der Waals surface area contributed by atoms with Crippen molar-refractivity contribution in [3.63, 3.8) is 0 Å². The van der Waals surface area contributed by atoms with E-state index in [1.54, 1.807) is 18.0 Å². The Kier molecular flexibility index (Phi) is 5.76. The average molecular weight is 434 g/mol.